The predicted octanol–water partition coefficient (Wildman–Crippen LogP) is 4.90. The zero-order chi connectivity index (χ0) is 14.0. The lowest BCUT2D eigenvalue weighted by Crippen LogP contribution is -2.54. The Morgan fingerprint density at radius 1 is 0.850 bits per heavy atom. The molecule has 1 saturated heterocycles. The Hall–Kier alpha value is -0.0400. The Morgan fingerprint density at radius 2 is 1.65 bits per heavy atom. The monoisotopic (exact) mass is 276 g/mol. The molecule has 0 aromatic heterocycles. The Labute approximate surface area is 124 Å². The number of hydrogen-bond acceptors (Lipinski definition) is 1. The van der Waals surface area contributed by atoms with Crippen molar-refractivity contribution in [2.75, 3.05) is 13.2 Å². The summed E-state index contributed by atoms with van der Waals surface area (Å²) in [6, 6.07) is 0. The highest BCUT2D eigenvalue weighted by molar-refractivity contribution is 5.07. The highest BCUT2D eigenvalue weighted by Crippen LogP contribution is 2.66. The second-order valence-electron chi connectivity index (χ2n) is 9.00. The molecule has 7 atom stereocenters. The van der Waals surface area contributed by atoms with Gasteiger partial charge in [-0.3, -0.25) is 0 Å². The van der Waals surface area contributed by atoms with Crippen molar-refractivity contribution in [1.82, 2.24) is 0 Å². The van der Waals surface area contributed by atoms with Crippen molar-refractivity contribution >= 4 is 0 Å². The maximum absolute atomic E-state index is 5.81. The highest BCUT2D eigenvalue weighted by atomic mass is 16.5. The molecule has 7 unspecified atom stereocenters. The van der Waals surface area contributed by atoms with Gasteiger partial charge in [0.1, 0.15) is 0 Å². The van der Waals surface area contributed by atoms with Crippen molar-refractivity contribution in [3.05, 3.63) is 0 Å². The molecule has 3 saturated carbocycles. The third-order valence-corrected chi connectivity index (χ3v) is 8.64. The summed E-state index contributed by atoms with van der Waals surface area (Å²) >= 11 is 0. The van der Waals surface area contributed by atoms with E-state index in [0.29, 0.717) is 10.8 Å². The standard InChI is InChI=1S/C19H32O/c1-13-4-7-16-15-6-5-14-12-20-11-10-19(14,3)17(15)8-9-18(13,16)2/h13-17H,4-12H2,1-3H3. The molecule has 1 nitrogen and oxygen atoms in total. The average molecular weight is 276 g/mol. The van der Waals surface area contributed by atoms with Crippen molar-refractivity contribution < 1.29 is 4.74 Å². The van der Waals surface area contributed by atoms with Gasteiger partial charge in [-0.25, -0.2) is 0 Å². The van der Waals surface area contributed by atoms with E-state index in [4.69, 9.17) is 4.74 Å². The molecular formula is C19H32O. The van der Waals surface area contributed by atoms with Crippen LogP contribution in [0.4, 0.5) is 0 Å². The predicted molar refractivity (Wildman–Crippen MR) is 82.5 cm³/mol. The van der Waals surface area contributed by atoms with E-state index in [1.807, 2.05) is 0 Å². The maximum Gasteiger partial charge on any atom is 0.0499 e. The van der Waals surface area contributed by atoms with Crippen LogP contribution in [0.2, 0.25) is 0 Å². The lowest BCUT2D eigenvalue weighted by Gasteiger charge is -2.60. The minimum absolute atomic E-state index is 0.605. The Balaban J connectivity index is 1.64. The van der Waals surface area contributed by atoms with Crippen LogP contribution in [0.25, 0.3) is 0 Å². The van der Waals surface area contributed by atoms with Crippen LogP contribution in [-0.4, -0.2) is 13.2 Å². The van der Waals surface area contributed by atoms with Crippen molar-refractivity contribution in [1.29, 1.82) is 0 Å². The topological polar surface area (TPSA) is 9.23 Å². The van der Waals surface area contributed by atoms with E-state index in [2.05, 4.69) is 20.8 Å². The van der Waals surface area contributed by atoms with Gasteiger partial charge in [0.05, 0.1) is 0 Å². The van der Waals surface area contributed by atoms with Gasteiger partial charge < -0.3 is 4.74 Å². The molecule has 0 bridgehead atoms. The van der Waals surface area contributed by atoms with Crippen LogP contribution in [0.3, 0.4) is 0 Å². The first-order valence-corrected chi connectivity index (χ1v) is 9.13. The fourth-order valence-electron chi connectivity index (χ4n) is 6.98. The zero-order valence-electron chi connectivity index (χ0n) is 13.7. The van der Waals surface area contributed by atoms with Gasteiger partial charge in [0.2, 0.25) is 0 Å². The van der Waals surface area contributed by atoms with Gasteiger partial charge in [0.15, 0.2) is 0 Å². The smallest absolute Gasteiger partial charge is 0.0499 e. The first-order valence-electron chi connectivity index (χ1n) is 9.13. The molecule has 0 aromatic rings. The molecule has 3 aliphatic carbocycles. The molecular weight excluding hydrogens is 244 g/mol. The summed E-state index contributed by atoms with van der Waals surface area (Å²) in [5, 5.41) is 0. The molecule has 1 heteroatoms. The van der Waals surface area contributed by atoms with Crippen LogP contribution in [0.1, 0.15) is 65.7 Å². The van der Waals surface area contributed by atoms with E-state index in [-0.39, 0.29) is 0 Å². The van der Waals surface area contributed by atoms with Crippen molar-refractivity contribution in [3.63, 3.8) is 0 Å². The minimum Gasteiger partial charge on any atom is -0.381 e. The molecule has 4 rings (SSSR count). The average Bonchev–Trinajstić information content (AvgIpc) is 2.74. The number of fused-ring (bicyclic) bond motifs is 5. The van der Waals surface area contributed by atoms with Crippen LogP contribution < -0.4 is 0 Å². The SMILES string of the molecule is CC1CCC2C3CCC4COCCC4(C)C3CCC12C. The van der Waals surface area contributed by atoms with Crippen LogP contribution in [0.15, 0.2) is 0 Å². The van der Waals surface area contributed by atoms with Crippen molar-refractivity contribution in [2.24, 2.45) is 40.4 Å². The van der Waals surface area contributed by atoms with E-state index >= 15 is 0 Å². The largest absolute Gasteiger partial charge is 0.381 e. The Bertz CT molecular complexity index is 391. The van der Waals surface area contributed by atoms with Gasteiger partial charge in [-0.15, -0.1) is 0 Å². The van der Waals surface area contributed by atoms with Crippen LogP contribution in [0, 0.1) is 40.4 Å². The molecule has 1 heterocycles. The fourth-order valence-corrected chi connectivity index (χ4v) is 6.98. The molecule has 4 aliphatic rings. The highest BCUT2D eigenvalue weighted by Gasteiger charge is 2.58. The quantitative estimate of drug-likeness (QED) is 0.611. The lowest BCUT2D eigenvalue weighted by atomic mass is 9.46. The maximum atomic E-state index is 5.81. The molecule has 4 fully saturated rings. The van der Waals surface area contributed by atoms with E-state index in [0.717, 1.165) is 42.8 Å². The minimum atomic E-state index is 0.605. The second-order valence-corrected chi connectivity index (χ2v) is 9.00. The van der Waals surface area contributed by atoms with Gasteiger partial charge in [0.25, 0.3) is 0 Å². The van der Waals surface area contributed by atoms with Gasteiger partial charge in [-0.05, 0) is 85.4 Å². The van der Waals surface area contributed by atoms with E-state index < -0.39 is 0 Å². The van der Waals surface area contributed by atoms with Gasteiger partial charge >= 0.3 is 0 Å². The number of hydrogen-bond donors (Lipinski definition) is 0. The summed E-state index contributed by atoms with van der Waals surface area (Å²) in [4.78, 5) is 0. The number of ether oxygens (including phenoxy) is 1. The summed E-state index contributed by atoms with van der Waals surface area (Å²) in [5.41, 5.74) is 1.28. The van der Waals surface area contributed by atoms with Gasteiger partial charge in [0, 0.05) is 13.2 Å². The second kappa shape index (κ2) is 4.48. The molecule has 0 aromatic carbocycles. The summed E-state index contributed by atoms with van der Waals surface area (Å²) in [6.45, 7) is 9.86. The molecule has 0 N–H and O–H groups in total. The summed E-state index contributed by atoms with van der Waals surface area (Å²) in [5.74, 6) is 4.91. The van der Waals surface area contributed by atoms with E-state index in [9.17, 15) is 0 Å². The lowest BCUT2D eigenvalue weighted by molar-refractivity contribution is -0.146. The van der Waals surface area contributed by atoms with E-state index in [1.54, 1.807) is 0 Å². The zero-order valence-corrected chi connectivity index (χ0v) is 13.7. The molecule has 1 aliphatic heterocycles. The third kappa shape index (κ3) is 1.65. The normalized spacial score (nSPS) is 58.6. The first-order chi connectivity index (χ1) is 9.56. The number of rotatable bonds is 0. The molecule has 0 spiro atoms. The molecule has 114 valence electrons. The van der Waals surface area contributed by atoms with Crippen molar-refractivity contribution in [2.45, 2.75) is 65.7 Å². The summed E-state index contributed by atoms with van der Waals surface area (Å²) < 4.78 is 5.81. The first kappa shape index (κ1) is 13.6. The van der Waals surface area contributed by atoms with E-state index in [1.165, 1.54) is 44.9 Å². The third-order valence-electron chi connectivity index (χ3n) is 8.64. The van der Waals surface area contributed by atoms with Gasteiger partial charge in [-0.2, -0.15) is 0 Å². The Kier molecular flexibility index (Phi) is 3.05. The molecule has 0 radical (unpaired) electrons. The molecule has 0 amide bonds. The fraction of sp³-hybridized carbons (Fsp3) is 1.00. The van der Waals surface area contributed by atoms with Crippen molar-refractivity contribution in [3.8, 4) is 0 Å². The summed E-state index contributed by atoms with van der Waals surface area (Å²) in [7, 11) is 0. The van der Waals surface area contributed by atoms with Gasteiger partial charge in [-0.1, -0.05) is 20.8 Å². The van der Waals surface area contributed by atoms with Crippen LogP contribution in [0.5, 0.6) is 0 Å². The Morgan fingerprint density at radius 3 is 2.50 bits per heavy atom. The van der Waals surface area contributed by atoms with Crippen LogP contribution in [-0.2, 0) is 4.74 Å². The van der Waals surface area contributed by atoms with Crippen LogP contribution >= 0.6 is 0 Å². The molecule has 20 heavy (non-hydrogen) atoms. The summed E-state index contributed by atoms with van der Waals surface area (Å²) in [6.07, 6.45) is 10.3.